The molecule has 1 fully saturated rings. The second kappa shape index (κ2) is 5.77. The van der Waals surface area contributed by atoms with E-state index in [-0.39, 0.29) is 17.7 Å². The average Bonchev–Trinajstić information content (AvgIpc) is 2.86. The van der Waals surface area contributed by atoms with Crippen molar-refractivity contribution in [3.8, 4) is 0 Å². The van der Waals surface area contributed by atoms with Gasteiger partial charge in [0.2, 0.25) is 0 Å². The summed E-state index contributed by atoms with van der Waals surface area (Å²) in [5, 5.41) is 7.26. The Bertz CT molecular complexity index is 787. The first-order valence-electron chi connectivity index (χ1n) is 7.69. The van der Waals surface area contributed by atoms with Gasteiger partial charge < -0.3 is 14.4 Å². The number of nitrogens with zero attached hydrogens (tertiary/aromatic N) is 3. The molecule has 1 aliphatic rings. The third-order valence-corrected chi connectivity index (χ3v) is 3.82. The molecular formula is C16H20N4O4. The minimum atomic E-state index is -0.505. The average molecular weight is 332 g/mol. The zero-order valence-corrected chi connectivity index (χ0v) is 14.1. The van der Waals surface area contributed by atoms with Crippen LogP contribution in [0.3, 0.4) is 0 Å². The van der Waals surface area contributed by atoms with Crippen molar-refractivity contribution in [1.29, 1.82) is 0 Å². The Morgan fingerprint density at radius 1 is 1.33 bits per heavy atom. The first-order valence-corrected chi connectivity index (χ1v) is 7.69. The molecule has 8 nitrogen and oxygen atoms in total. The lowest BCUT2D eigenvalue weighted by molar-refractivity contribution is 0.00817. The third-order valence-electron chi connectivity index (χ3n) is 3.82. The Labute approximate surface area is 139 Å². The van der Waals surface area contributed by atoms with Gasteiger partial charge in [0.25, 0.3) is 0 Å². The number of ether oxygens (including phenoxy) is 2. The van der Waals surface area contributed by atoms with E-state index in [1.54, 1.807) is 11.1 Å². The van der Waals surface area contributed by atoms with Gasteiger partial charge in [-0.15, -0.1) is 0 Å². The van der Waals surface area contributed by atoms with Crippen LogP contribution >= 0.6 is 0 Å². The van der Waals surface area contributed by atoms with Crippen LogP contribution in [-0.2, 0) is 9.47 Å². The lowest BCUT2D eigenvalue weighted by Crippen LogP contribution is -2.50. The second-order valence-electron chi connectivity index (χ2n) is 6.81. The summed E-state index contributed by atoms with van der Waals surface area (Å²) in [4.78, 5) is 29.6. The quantitative estimate of drug-likeness (QED) is 0.846. The number of esters is 1. The maximum absolute atomic E-state index is 12.0. The molecule has 128 valence electrons. The fourth-order valence-corrected chi connectivity index (χ4v) is 2.56. The smallest absolute Gasteiger partial charge is 0.410 e. The largest absolute Gasteiger partial charge is 0.464 e. The highest BCUT2D eigenvalue weighted by atomic mass is 16.6. The van der Waals surface area contributed by atoms with Gasteiger partial charge in [-0.2, -0.15) is 5.10 Å². The number of pyridine rings is 1. The van der Waals surface area contributed by atoms with Crippen molar-refractivity contribution in [3.05, 3.63) is 23.5 Å². The molecular weight excluding hydrogens is 312 g/mol. The summed E-state index contributed by atoms with van der Waals surface area (Å²) in [6.07, 6.45) is 1.41. The molecule has 0 unspecified atom stereocenters. The van der Waals surface area contributed by atoms with E-state index in [1.165, 1.54) is 7.11 Å². The Morgan fingerprint density at radius 2 is 2.04 bits per heavy atom. The predicted molar refractivity (Wildman–Crippen MR) is 85.8 cm³/mol. The number of nitrogens with one attached hydrogen (secondary N) is 1. The van der Waals surface area contributed by atoms with E-state index in [4.69, 9.17) is 9.47 Å². The molecule has 2 aromatic rings. The van der Waals surface area contributed by atoms with Gasteiger partial charge in [0.05, 0.1) is 12.5 Å². The topological polar surface area (TPSA) is 97.4 Å². The minimum absolute atomic E-state index is 0.162. The summed E-state index contributed by atoms with van der Waals surface area (Å²) in [6, 6.07) is 1.87. The van der Waals surface area contributed by atoms with E-state index in [1.807, 2.05) is 26.8 Å². The van der Waals surface area contributed by atoms with Crippen LogP contribution in [0.1, 0.15) is 42.7 Å². The van der Waals surface area contributed by atoms with Crippen LogP contribution in [0.15, 0.2) is 12.3 Å². The van der Waals surface area contributed by atoms with Gasteiger partial charge in [-0.1, -0.05) is 0 Å². The van der Waals surface area contributed by atoms with E-state index in [2.05, 4.69) is 15.2 Å². The van der Waals surface area contributed by atoms with Crippen molar-refractivity contribution in [3.63, 3.8) is 0 Å². The van der Waals surface area contributed by atoms with Gasteiger partial charge >= 0.3 is 12.1 Å². The summed E-state index contributed by atoms with van der Waals surface area (Å²) < 4.78 is 10.1. The fourth-order valence-electron chi connectivity index (χ4n) is 2.56. The summed E-state index contributed by atoms with van der Waals surface area (Å²) in [7, 11) is 1.32. The molecule has 0 bridgehead atoms. The van der Waals surface area contributed by atoms with Crippen LogP contribution in [0.5, 0.6) is 0 Å². The zero-order chi connectivity index (χ0) is 17.5. The summed E-state index contributed by atoms with van der Waals surface area (Å²) in [6.45, 7) is 6.65. The number of carbonyl (C=O) groups is 2. The predicted octanol–water partition coefficient (Wildman–Crippen LogP) is 2.08. The van der Waals surface area contributed by atoms with Crippen molar-refractivity contribution < 1.29 is 19.1 Å². The van der Waals surface area contributed by atoms with Crippen LogP contribution in [0.25, 0.3) is 11.0 Å². The van der Waals surface area contributed by atoms with Crippen molar-refractivity contribution in [1.82, 2.24) is 20.1 Å². The van der Waals surface area contributed by atoms with E-state index in [0.29, 0.717) is 24.1 Å². The van der Waals surface area contributed by atoms with Crippen LogP contribution in [0.4, 0.5) is 4.79 Å². The maximum Gasteiger partial charge on any atom is 0.410 e. The molecule has 0 aliphatic carbocycles. The van der Waals surface area contributed by atoms with Crippen LogP contribution < -0.4 is 0 Å². The normalized spacial score (nSPS) is 15.2. The number of aromatic nitrogens is 3. The molecule has 24 heavy (non-hydrogen) atoms. The lowest BCUT2D eigenvalue weighted by Gasteiger charge is -2.39. The Balaban J connectivity index is 1.73. The number of aromatic amines is 1. The molecule has 3 heterocycles. The highest BCUT2D eigenvalue weighted by Crippen LogP contribution is 2.30. The molecule has 3 rings (SSSR count). The number of hydrogen-bond donors (Lipinski definition) is 1. The molecule has 2 aromatic heterocycles. The number of amides is 1. The third kappa shape index (κ3) is 3.04. The van der Waals surface area contributed by atoms with E-state index >= 15 is 0 Å². The van der Waals surface area contributed by atoms with Gasteiger partial charge in [-0.25, -0.2) is 14.6 Å². The van der Waals surface area contributed by atoms with Crippen LogP contribution in [0.2, 0.25) is 0 Å². The number of fused-ring (bicyclic) bond motifs is 1. The first kappa shape index (κ1) is 16.2. The van der Waals surface area contributed by atoms with Crippen molar-refractivity contribution in [2.45, 2.75) is 32.3 Å². The minimum Gasteiger partial charge on any atom is -0.464 e. The molecule has 1 saturated heterocycles. The summed E-state index contributed by atoms with van der Waals surface area (Å²) >= 11 is 0. The Kier molecular flexibility index (Phi) is 3.90. The Hall–Kier alpha value is -2.64. The molecule has 8 heteroatoms. The van der Waals surface area contributed by atoms with Gasteiger partial charge in [0.15, 0.2) is 11.3 Å². The monoisotopic (exact) mass is 332 g/mol. The number of methoxy groups -OCH3 is 1. The standard InChI is InChI=1S/C16H20N4O4/c1-16(2,3)24-15(22)20-7-10(8-20)9-5-11-12(14(21)23-4)18-19-13(11)17-6-9/h5-6,10H,7-8H2,1-4H3,(H,17,18,19). The molecule has 1 N–H and O–H groups in total. The van der Waals surface area contributed by atoms with E-state index in [0.717, 1.165) is 5.56 Å². The molecule has 0 aromatic carbocycles. The van der Waals surface area contributed by atoms with Gasteiger partial charge in [0, 0.05) is 25.2 Å². The van der Waals surface area contributed by atoms with Crippen molar-refractivity contribution in [2.24, 2.45) is 0 Å². The van der Waals surface area contributed by atoms with E-state index < -0.39 is 11.6 Å². The molecule has 0 spiro atoms. The number of likely N-dealkylation sites (tertiary alicyclic amines) is 1. The molecule has 0 radical (unpaired) electrons. The van der Waals surface area contributed by atoms with E-state index in [9.17, 15) is 9.59 Å². The number of hydrogen-bond acceptors (Lipinski definition) is 6. The lowest BCUT2D eigenvalue weighted by atomic mass is 9.92. The fraction of sp³-hybridized carbons (Fsp3) is 0.500. The maximum atomic E-state index is 12.0. The zero-order valence-electron chi connectivity index (χ0n) is 14.1. The van der Waals surface area contributed by atoms with Gasteiger partial charge in [0.1, 0.15) is 5.60 Å². The van der Waals surface area contributed by atoms with Gasteiger partial charge in [-0.3, -0.25) is 5.10 Å². The number of rotatable bonds is 2. The molecule has 1 aliphatic heterocycles. The van der Waals surface area contributed by atoms with Crippen LogP contribution in [0, 0.1) is 0 Å². The summed E-state index contributed by atoms with van der Waals surface area (Å²) in [5.41, 5.74) is 1.19. The van der Waals surface area contributed by atoms with Crippen molar-refractivity contribution >= 4 is 23.1 Å². The van der Waals surface area contributed by atoms with Crippen molar-refractivity contribution in [2.75, 3.05) is 20.2 Å². The molecule has 0 saturated carbocycles. The highest BCUT2D eigenvalue weighted by molar-refractivity contribution is 6.00. The van der Waals surface area contributed by atoms with Gasteiger partial charge in [-0.05, 0) is 32.4 Å². The first-order chi connectivity index (χ1) is 11.3. The second-order valence-corrected chi connectivity index (χ2v) is 6.81. The molecule has 1 amide bonds. The summed E-state index contributed by atoms with van der Waals surface area (Å²) in [5.74, 6) is -0.324. The number of carbonyl (C=O) groups excluding carboxylic acids is 2. The number of H-pyrrole nitrogens is 1. The van der Waals surface area contributed by atoms with Crippen LogP contribution in [-0.4, -0.2) is 57.9 Å². The highest BCUT2D eigenvalue weighted by Gasteiger charge is 2.35. The molecule has 0 atom stereocenters. The SMILES string of the molecule is COC(=O)c1[nH]nc2ncc(C3CN(C(=O)OC(C)(C)C)C3)cc12. The Morgan fingerprint density at radius 3 is 2.67 bits per heavy atom.